The first-order valence-corrected chi connectivity index (χ1v) is 23.1. The molecule has 0 N–H and O–H groups in total. The van der Waals surface area contributed by atoms with Crippen molar-refractivity contribution in [2.24, 2.45) is 0 Å². The van der Waals surface area contributed by atoms with Crippen molar-refractivity contribution in [3.63, 3.8) is 0 Å². The lowest BCUT2D eigenvalue weighted by atomic mass is 10.0. The lowest BCUT2D eigenvalue weighted by molar-refractivity contribution is -0.929. The van der Waals surface area contributed by atoms with Crippen LogP contribution in [0.3, 0.4) is 0 Å². The van der Waals surface area contributed by atoms with Crippen LogP contribution >= 0.6 is 0 Å². The Kier molecular flexibility index (Phi) is 45.9. The molecule has 0 aliphatic rings. The van der Waals surface area contributed by atoms with Gasteiger partial charge in [-0.1, -0.05) is 220 Å². The standard InChI is InChI=1S/C46H96N.BrH/c1-5-9-13-17-21-25-28-32-36-40-44-47(43-39-35-31-24-20-16-12-8-4,45-41-37-33-29-26-22-18-14-10-6-2)46-42-38-34-30-27-23-19-15-11-7-3;/h5-46H2,1-4H3;1H/q+1;/p-1. The Labute approximate surface area is 318 Å². The van der Waals surface area contributed by atoms with Gasteiger partial charge in [0.1, 0.15) is 0 Å². The van der Waals surface area contributed by atoms with Crippen molar-refractivity contribution >= 4 is 0 Å². The zero-order chi connectivity index (χ0) is 34.2. The monoisotopic (exact) mass is 742 g/mol. The third-order valence-corrected chi connectivity index (χ3v) is 11.4. The van der Waals surface area contributed by atoms with Gasteiger partial charge in [-0.2, -0.15) is 0 Å². The maximum Gasteiger partial charge on any atom is 0.0786 e. The van der Waals surface area contributed by atoms with E-state index in [0.717, 1.165) is 0 Å². The van der Waals surface area contributed by atoms with Crippen LogP contribution in [0, 0.1) is 0 Å². The van der Waals surface area contributed by atoms with E-state index in [1.807, 2.05) is 0 Å². The van der Waals surface area contributed by atoms with Crippen molar-refractivity contribution in [2.75, 3.05) is 26.2 Å². The quantitative estimate of drug-likeness (QED) is 0.0432. The lowest BCUT2D eigenvalue weighted by Gasteiger charge is -2.40. The van der Waals surface area contributed by atoms with Crippen molar-refractivity contribution in [1.82, 2.24) is 0 Å². The van der Waals surface area contributed by atoms with Crippen LogP contribution in [-0.4, -0.2) is 30.7 Å². The summed E-state index contributed by atoms with van der Waals surface area (Å²) in [4.78, 5) is 0. The van der Waals surface area contributed by atoms with Crippen molar-refractivity contribution in [2.45, 2.75) is 272 Å². The Morgan fingerprint density at radius 2 is 0.312 bits per heavy atom. The van der Waals surface area contributed by atoms with Gasteiger partial charge < -0.3 is 21.5 Å². The molecule has 0 atom stereocenters. The maximum atomic E-state index is 2.34. The van der Waals surface area contributed by atoms with Gasteiger partial charge in [0.2, 0.25) is 0 Å². The summed E-state index contributed by atoms with van der Waals surface area (Å²) in [5, 5.41) is 0. The molecule has 0 saturated heterocycles. The summed E-state index contributed by atoms with van der Waals surface area (Å²) < 4.78 is 1.49. The zero-order valence-corrected chi connectivity index (χ0v) is 36.1. The second kappa shape index (κ2) is 43.6. The Hall–Kier alpha value is 0.440. The maximum absolute atomic E-state index is 2.34. The third kappa shape index (κ3) is 37.7. The molecule has 0 spiro atoms. The normalized spacial score (nSPS) is 11.8. The number of hydrogen-bond donors (Lipinski definition) is 0. The Balaban J connectivity index is 0. The van der Waals surface area contributed by atoms with E-state index < -0.39 is 0 Å². The minimum atomic E-state index is 0. The lowest BCUT2D eigenvalue weighted by Crippen LogP contribution is -3.00. The molecule has 0 aromatic rings. The average molecular weight is 743 g/mol. The second-order valence-corrected chi connectivity index (χ2v) is 16.3. The largest absolute Gasteiger partial charge is 1.00 e. The van der Waals surface area contributed by atoms with Gasteiger partial charge in [0, 0.05) is 0 Å². The number of halogens is 1. The first-order valence-electron chi connectivity index (χ1n) is 23.1. The van der Waals surface area contributed by atoms with Gasteiger partial charge in [-0.3, -0.25) is 0 Å². The smallest absolute Gasteiger partial charge is 0.0786 e. The molecule has 0 heterocycles. The van der Waals surface area contributed by atoms with E-state index in [2.05, 4.69) is 27.7 Å². The molecule has 0 aliphatic heterocycles. The summed E-state index contributed by atoms with van der Waals surface area (Å²) >= 11 is 0. The van der Waals surface area contributed by atoms with E-state index >= 15 is 0 Å². The highest BCUT2D eigenvalue weighted by molar-refractivity contribution is 4.56. The Bertz CT molecular complexity index is 488. The molecule has 0 aliphatic carbocycles. The molecule has 0 rings (SSSR count). The van der Waals surface area contributed by atoms with Crippen LogP contribution in [0.25, 0.3) is 0 Å². The first kappa shape index (κ1) is 50.5. The van der Waals surface area contributed by atoms with Crippen LogP contribution in [0.2, 0.25) is 0 Å². The van der Waals surface area contributed by atoms with Crippen LogP contribution in [0.15, 0.2) is 0 Å². The van der Waals surface area contributed by atoms with Gasteiger partial charge in [-0.15, -0.1) is 0 Å². The molecule has 48 heavy (non-hydrogen) atoms. The van der Waals surface area contributed by atoms with Gasteiger partial charge >= 0.3 is 0 Å². The highest BCUT2D eigenvalue weighted by atomic mass is 79.9. The molecule has 0 aromatic heterocycles. The molecule has 0 unspecified atom stereocenters. The van der Waals surface area contributed by atoms with Crippen molar-refractivity contribution < 1.29 is 21.5 Å². The summed E-state index contributed by atoms with van der Waals surface area (Å²) in [5.74, 6) is 0. The van der Waals surface area contributed by atoms with E-state index in [1.165, 1.54) is 275 Å². The minimum absolute atomic E-state index is 0. The number of nitrogens with zero attached hydrogens (tertiary/aromatic N) is 1. The van der Waals surface area contributed by atoms with E-state index in [9.17, 15) is 0 Å². The fraction of sp³-hybridized carbons (Fsp3) is 1.00. The van der Waals surface area contributed by atoms with Gasteiger partial charge in [0.25, 0.3) is 0 Å². The average Bonchev–Trinajstić information content (AvgIpc) is 3.08. The van der Waals surface area contributed by atoms with E-state index in [-0.39, 0.29) is 17.0 Å². The molecule has 1 nitrogen and oxygen atoms in total. The zero-order valence-electron chi connectivity index (χ0n) is 34.5. The molecule has 0 bridgehead atoms. The van der Waals surface area contributed by atoms with Crippen molar-refractivity contribution in [3.05, 3.63) is 0 Å². The molecular weight excluding hydrogens is 646 g/mol. The van der Waals surface area contributed by atoms with Gasteiger partial charge in [0.15, 0.2) is 0 Å². The van der Waals surface area contributed by atoms with Crippen LogP contribution in [0.5, 0.6) is 0 Å². The first-order chi connectivity index (χ1) is 23.2. The fourth-order valence-corrected chi connectivity index (χ4v) is 8.06. The predicted octanol–water partition coefficient (Wildman–Crippen LogP) is 13.7. The number of quaternary nitrogens is 1. The highest BCUT2D eigenvalue weighted by Gasteiger charge is 2.25. The number of hydrogen-bond acceptors (Lipinski definition) is 0. The summed E-state index contributed by atoms with van der Waals surface area (Å²) in [6.45, 7) is 15.3. The molecule has 0 radical (unpaired) electrons. The third-order valence-electron chi connectivity index (χ3n) is 11.4. The van der Waals surface area contributed by atoms with Crippen LogP contribution in [-0.2, 0) is 0 Å². The minimum Gasteiger partial charge on any atom is -1.00 e. The predicted molar refractivity (Wildman–Crippen MR) is 218 cm³/mol. The van der Waals surface area contributed by atoms with Crippen LogP contribution < -0.4 is 17.0 Å². The van der Waals surface area contributed by atoms with Gasteiger partial charge in [-0.05, 0) is 51.4 Å². The van der Waals surface area contributed by atoms with Crippen molar-refractivity contribution in [3.8, 4) is 0 Å². The van der Waals surface area contributed by atoms with Crippen LogP contribution in [0.1, 0.15) is 272 Å². The van der Waals surface area contributed by atoms with E-state index in [4.69, 9.17) is 0 Å². The topological polar surface area (TPSA) is 0 Å². The molecule has 0 aromatic carbocycles. The Morgan fingerprint density at radius 3 is 0.458 bits per heavy atom. The molecule has 2 heteroatoms. The summed E-state index contributed by atoms with van der Waals surface area (Å²) in [7, 11) is 0. The molecule has 292 valence electrons. The van der Waals surface area contributed by atoms with Gasteiger partial charge in [0.05, 0.1) is 26.2 Å². The molecule has 0 amide bonds. The summed E-state index contributed by atoms with van der Waals surface area (Å²) in [5.41, 5.74) is 0. The molecular formula is C46H96BrN. The number of unbranched alkanes of at least 4 members (excludes halogenated alkanes) is 34. The second-order valence-electron chi connectivity index (χ2n) is 16.3. The van der Waals surface area contributed by atoms with E-state index in [0.29, 0.717) is 0 Å². The molecule has 0 fully saturated rings. The molecule has 0 saturated carbocycles. The highest BCUT2D eigenvalue weighted by Crippen LogP contribution is 2.22. The SMILES string of the molecule is CCCCCCCCCCCC[N+](CCCCCCCCCC)(CCCCCCCCCCCC)CCCCCCCCCCCC.[Br-]. The van der Waals surface area contributed by atoms with Gasteiger partial charge in [-0.25, -0.2) is 0 Å². The summed E-state index contributed by atoms with van der Waals surface area (Å²) in [6, 6.07) is 0. The fourth-order valence-electron chi connectivity index (χ4n) is 8.06. The Morgan fingerprint density at radius 1 is 0.188 bits per heavy atom. The van der Waals surface area contributed by atoms with E-state index in [1.54, 1.807) is 0 Å². The summed E-state index contributed by atoms with van der Waals surface area (Å²) in [6.07, 6.45) is 55.7. The van der Waals surface area contributed by atoms with Crippen LogP contribution in [0.4, 0.5) is 0 Å². The van der Waals surface area contributed by atoms with Crippen molar-refractivity contribution in [1.29, 1.82) is 0 Å². The number of rotatable bonds is 42.